The molecule has 0 saturated carbocycles. The highest BCUT2D eigenvalue weighted by Crippen LogP contribution is 2.20. The third-order valence-electron chi connectivity index (χ3n) is 3.38. The number of amides is 1. The Bertz CT molecular complexity index is 406. The summed E-state index contributed by atoms with van der Waals surface area (Å²) in [6.07, 6.45) is 6.46. The minimum Gasteiger partial charge on any atom is -0.458 e. The van der Waals surface area contributed by atoms with Gasteiger partial charge in [-0.15, -0.1) is 0 Å². The van der Waals surface area contributed by atoms with Crippen molar-refractivity contribution in [2.24, 2.45) is 5.73 Å². The Balaban J connectivity index is 2.54. The topological polar surface area (TPSA) is 98.5 Å². The number of carbonyl (C=O) groups excluding carboxylic acids is 3. The summed E-state index contributed by atoms with van der Waals surface area (Å²) in [6.45, 7) is 1.93. The first-order valence-corrected chi connectivity index (χ1v) is 7.41. The fourth-order valence-electron chi connectivity index (χ4n) is 2.32. The van der Waals surface area contributed by atoms with Crippen LogP contribution in [0.25, 0.3) is 0 Å². The Kier molecular flexibility index (Phi) is 7.68. The number of nitrogens with two attached hydrogens (primary N) is 1. The normalized spacial score (nSPS) is 19.3. The molecule has 21 heavy (non-hydrogen) atoms. The van der Waals surface area contributed by atoms with Gasteiger partial charge in [-0.2, -0.15) is 0 Å². The fraction of sp³-hybridized carbons (Fsp3) is 0.667. The molecule has 6 heteroatoms. The zero-order valence-corrected chi connectivity index (χ0v) is 12.5. The van der Waals surface area contributed by atoms with E-state index in [-0.39, 0.29) is 18.0 Å². The van der Waals surface area contributed by atoms with Gasteiger partial charge in [0.2, 0.25) is 5.91 Å². The van der Waals surface area contributed by atoms with E-state index in [1.54, 1.807) is 6.08 Å². The van der Waals surface area contributed by atoms with Crippen molar-refractivity contribution in [3.8, 4) is 0 Å². The van der Waals surface area contributed by atoms with Crippen molar-refractivity contribution < 1.29 is 19.1 Å². The number of nitrogens with one attached hydrogen (secondary N) is 1. The maximum Gasteiger partial charge on any atom is 0.303 e. The monoisotopic (exact) mass is 296 g/mol. The van der Waals surface area contributed by atoms with Crippen LogP contribution in [0.15, 0.2) is 11.6 Å². The maximum atomic E-state index is 12.1. The van der Waals surface area contributed by atoms with E-state index < -0.39 is 6.04 Å². The predicted octanol–water partition coefficient (Wildman–Crippen LogP) is 0.841. The molecule has 0 aromatic heterocycles. The van der Waals surface area contributed by atoms with Crippen molar-refractivity contribution in [3.05, 3.63) is 11.6 Å². The highest BCUT2D eigenvalue weighted by atomic mass is 16.5. The van der Waals surface area contributed by atoms with Gasteiger partial charge in [0, 0.05) is 12.5 Å². The van der Waals surface area contributed by atoms with Crippen LogP contribution in [-0.2, 0) is 19.1 Å². The second-order valence-corrected chi connectivity index (χ2v) is 5.23. The van der Waals surface area contributed by atoms with Crippen LogP contribution in [0.3, 0.4) is 0 Å². The predicted molar refractivity (Wildman–Crippen MR) is 78.4 cm³/mol. The second kappa shape index (κ2) is 9.28. The molecule has 2 unspecified atom stereocenters. The lowest BCUT2D eigenvalue weighted by Gasteiger charge is -2.21. The van der Waals surface area contributed by atoms with Gasteiger partial charge in [0.1, 0.15) is 12.4 Å². The highest BCUT2D eigenvalue weighted by molar-refractivity contribution is 5.95. The van der Waals surface area contributed by atoms with E-state index in [1.165, 1.54) is 6.92 Å². The summed E-state index contributed by atoms with van der Waals surface area (Å²) < 4.78 is 5.10. The van der Waals surface area contributed by atoms with Gasteiger partial charge in [-0.05, 0) is 51.1 Å². The van der Waals surface area contributed by atoms with Gasteiger partial charge in [0.15, 0.2) is 0 Å². The van der Waals surface area contributed by atoms with Gasteiger partial charge in [0.25, 0.3) is 0 Å². The van der Waals surface area contributed by atoms with Crippen molar-refractivity contribution >= 4 is 18.2 Å². The molecule has 0 aromatic rings. The number of rotatable bonds is 8. The lowest BCUT2D eigenvalue weighted by molar-refractivity contribution is -0.144. The first-order valence-electron chi connectivity index (χ1n) is 7.41. The summed E-state index contributed by atoms with van der Waals surface area (Å²) in [5, 5.41) is 2.71. The Labute approximate surface area is 125 Å². The van der Waals surface area contributed by atoms with Gasteiger partial charge in [-0.1, -0.05) is 0 Å². The lowest BCUT2D eigenvalue weighted by Crippen LogP contribution is -2.38. The zero-order chi connectivity index (χ0) is 15.7. The van der Waals surface area contributed by atoms with Crippen molar-refractivity contribution in [1.29, 1.82) is 0 Å². The molecule has 3 N–H and O–H groups in total. The zero-order valence-electron chi connectivity index (χ0n) is 12.5. The Morgan fingerprint density at radius 2 is 2.29 bits per heavy atom. The standard InChI is InChI=1S/C15H24N2O4/c1-11(19)21-14-7-4-5-12(9-14)15(20)17-13(10-18)6-2-3-8-16/h9-10,13-14H,2-8,16H2,1H3,(H,17,20). The quantitative estimate of drug-likeness (QED) is 0.393. The SMILES string of the molecule is CC(=O)OC1C=C(C(=O)NC(C=O)CCCCN)CCC1. The summed E-state index contributed by atoms with van der Waals surface area (Å²) in [6, 6.07) is -0.487. The molecule has 2 atom stereocenters. The van der Waals surface area contributed by atoms with E-state index in [4.69, 9.17) is 10.5 Å². The number of carbonyl (C=O) groups is 3. The van der Waals surface area contributed by atoms with Crippen LogP contribution >= 0.6 is 0 Å². The van der Waals surface area contributed by atoms with Crippen LogP contribution < -0.4 is 11.1 Å². The molecule has 118 valence electrons. The Morgan fingerprint density at radius 3 is 2.90 bits per heavy atom. The smallest absolute Gasteiger partial charge is 0.303 e. The first-order chi connectivity index (χ1) is 10.1. The number of hydrogen-bond acceptors (Lipinski definition) is 5. The van der Waals surface area contributed by atoms with Gasteiger partial charge >= 0.3 is 5.97 Å². The molecule has 1 rings (SSSR count). The molecule has 1 amide bonds. The minimum absolute atomic E-state index is 0.253. The minimum atomic E-state index is -0.487. The van der Waals surface area contributed by atoms with Crippen molar-refractivity contribution in [2.45, 2.75) is 57.6 Å². The molecule has 0 aromatic carbocycles. The summed E-state index contributed by atoms with van der Waals surface area (Å²) in [5.74, 6) is -0.609. The van der Waals surface area contributed by atoms with Gasteiger partial charge in [0.05, 0.1) is 6.04 Å². The van der Waals surface area contributed by atoms with Gasteiger partial charge < -0.3 is 20.6 Å². The van der Waals surface area contributed by atoms with Crippen molar-refractivity contribution in [2.75, 3.05) is 6.54 Å². The second-order valence-electron chi connectivity index (χ2n) is 5.23. The van der Waals surface area contributed by atoms with E-state index in [9.17, 15) is 14.4 Å². The molecule has 0 bridgehead atoms. The van der Waals surface area contributed by atoms with Crippen LogP contribution in [0.4, 0.5) is 0 Å². The third kappa shape index (κ3) is 6.53. The molecular weight excluding hydrogens is 272 g/mol. The molecular formula is C15H24N2O4. The van der Waals surface area contributed by atoms with Crippen LogP contribution in [0.5, 0.6) is 0 Å². The molecule has 0 fully saturated rings. The van der Waals surface area contributed by atoms with E-state index in [0.717, 1.165) is 32.0 Å². The number of hydrogen-bond donors (Lipinski definition) is 2. The maximum absolute atomic E-state index is 12.1. The molecule has 0 spiro atoms. The molecule has 1 aliphatic carbocycles. The summed E-state index contributed by atoms with van der Waals surface area (Å²) in [4.78, 5) is 34.1. The number of unbranched alkanes of at least 4 members (excludes halogenated alkanes) is 1. The van der Waals surface area contributed by atoms with E-state index in [1.807, 2.05) is 0 Å². The van der Waals surface area contributed by atoms with Crippen LogP contribution in [0.2, 0.25) is 0 Å². The lowest BCUT2D eigenvalue weighted by atomic mass is 9.96. The molecule has 6 nitrogen and oxygen atoms in total. The third-order valence-corrected chi connectivity index (χ3v) is 3.38. The number of aldehydes is 1. The average molecular weight is 296 g/mol. The first kappa shape index (κ1) is 17.4. The largest absolute Gasteiger partial charge is 0.458 e. The van der Waals surface area contributed by atoms with Crippen LogP contribution in [-0.4, -0.2) is 36.9 Å². The molecule has 0 aliphatic heterocycles. The van der Waals surface area contributed by atoms with Crippen LogP contribution in [0, 0.1) is 0 Å². The van der Waals surface area contributed by atoms with E-state index in [0.29, 0.717) is 25.0 Å². The molecule has 0 saturated heterocycles. The van der Waals surface area contributed by atoms with Gasteiger partial charge in [-0.3, -0.25) is 9.59 Å². The van der Waals surface area contributed by atoms with E-state index >= 15 is 0 Å². The number of ether oxygens (including phenoxy) is 1. The number of esters is 1. The summed E-state index contributed by atoms with van der Waals surface area (Å²) >= 11 is 0. The van der Waals surface area contributed by atoms with Crippen molar-refractivity contribution in [1.82, 2.24) is 5.32 Å². The Morgan fingerprint density at radius 1 is 1.52 bits per heavy atom. The fourth-order valence-corrected chi connectivity index (χ4v) is 2.32. The highest BCUT2D eigenvalue weighted by Gasteiger charge is 2.21. The van der Waals surface area contributed by atoms with Crippen LogP contribution in [0.1, 0.15) is 45.4 Å². The van der Waals surface area contributed by atoms with Crippen molar-refractivity contribution in [3.63, 3.8) is 0 Å². The van der Waals surface area contributed by atoms with E-state index in [2.05, 4.69) is 5.32 Å². The summed E-state index contributed by atoms with van der Waals surface area (Å²) in [7, 11) is 0. The molecule has 0 radical (unpaired) electrons. The Hall–Kier alpha value is -1.69. The summed E-state index contributed by atoms with van der Waals surface area (Å²) in [5.41, 5.74) is 5.98. The molecule has 1 aliphatic rings. The average Bonchev–Trinajstić information content (AvgIpc) is 2.45. The van der Waals surface area contributed by atoms with Gasteiger partial charge in [-0.25, -0.2) is 0 Å². The molecule has 0 heterocycles.